The molecular formula is C12H13BrN2O2S2. The van der Waals surface area contributed by atoms with E-state index < -0.39 is 10.0 Å². The molecule has 7 heteroatoms. The molecular weight excluding hydrogens is 348 g/mol. The molecule has 0 saturated heterocycles. The van der Waals surface area contributed by atoms with Crippen molar-refractivity contribution >= 4 is 43.0 Å². The van der Waals surface area contributed by atoms with Crippen molar-refractivity contribution in [1.29, 1.82) is 0 Å². The Morgan fingerprint density at radius 3 is 2.63 bits per heavy atom. The van der Waals surface area contributed by atoms with Crippen LogP contribution < -0.4 is 10.5 Å². The number of sulfonamides is 1. The van der Waals surface area contributed by atoms with Crippen molar-refractivity contribution in [3.8, 4) is 0 Å². The van der Waals surface area contributed by atoms with Crippen LogP contribution in [-0.4, -0.2) is 8.42 Å². The van der Waals surface area contributed by atoms with Gasteiger partial charge >= 0.3 is 0 Å². The molecule has 0 saturated carbocycles. The number of hydrogen-bond donors (Lipinski definition) is 2. The number of anilines is 1. The van der Waals surface area contributed by atoms with Crippen LogP contribution in [0.4, 0.5) is 5.69 Å². The first-order chi connectivity index (χ1) is 8.86. The summed E-state index contributed by atoms with van der Waals surface area (Å²) in [7, 11) is -3.68. The number of halogens is 1. The van der Waals surface area contributed by atoms with Crippen LogP contribution in [0.5, 0.6) is 0 Å². The molecule has 0 aliphatic heterocycles. The Balaban J connectivity index is 2.18. The minimum atomic E-state index is -3.68. The molecule has 0 radical (unpaired) electrons. The molecule has 3 N–H and O–H groups in total. The lowest BCUT2D eigenvalue weighted by Gasteiger charge is -2.09. The van der Waals surface area contributed by atoms with E-state index in [-0.39, 0.29) is 4.90 Å². The molecule has 0 amide bonds. The fourth-order valence-electron chi connectivity index (χ4n) is 1.65. The third kappa shape index (κ3) is 3.79. The van der Waals surface area contributed by atoms with Crippen molar-refractivity contribution < 1.29 is 8.42 Å². The molecule has 1 heterocycles. The molecule has 19 heavy (non-hydrogen) atoms. The first-order valence-electron chi connectivity index (χ1n) is 5.48. The summed E-state index contributed by atoms with van der Waals surface area (Å²) < 4.78 is 23.9. The lowest BCUT2D eigenvalue weighted by molar-refractivity contribution is 0.597. The van der Waals surface area contributed by atoms with Gasteiger partial charge in [-0.3, -0.25) is 0 Å². The first-order valence-corrected chi connectivity index (χ1v) is 8.63. The maximum atomic E-state index is 11.4. The van der Waals surface area contributed by atoms with E-state index in [4.69, 9.17) is 5.14 Å². The van der Waals surface area contributed by atoms with Crippen molar-refractivity contribution in [2.45, 2.75) is 18.4 Å². The number of benzene rings is 1. The molecule has 0 aliphatic rings. The van der Waals surface area contributed by atoms with E-state index in [9.17, 15) is 8.42 Å². The van der Waals surface area contributed by atoms with Gasteiger partial charge in [0.05, 0.1) is 8.68 Å². The topological polar surface area (TPSA) is 72.2 Å². The molecule has 0 spiro atoms. The van der Waals surface area contributed by atoms with Crippen LogP contribution in [0.15, 0.2) is 39.0 Å². The fraction of sp³-hybridized carbons (Fsp3) is 0.167. The highest BCUT2D eigenvalue weighted by molar-refractivity contribution is 9.11. The summed E-state index contributed by atoms with van der Waals surface area (Å²) in [6, 6.07) is 9.13. The van der Waals surface area contributed by atoms with E-state index in [2.05, 4.69) is 21.2 Å². The summed E-state index contributed by atoms with van der Waals surface area (Å²) in [5.74, 6) is 0. The predicted molar refractivity (Wildman–Crippen MR) is 81.9 cm³/mol. The van der Waals surface area contributed by atoms with Crippen molar-refractivity contribution in [2.24, 2.45) is 5.14 Å². The van der Waals surface area contributed by atoms with Gasteiger partial charge < -0.3 is 5.32 Å². The van der Waals surface area contributed by atoms with Crippen molar-refractivity contribution in [1.82, 2.24) is 0 Å². The Morgan fingerprint density at radius 1 is 1.32 bits per heavy atom. The zero-order valence-electron chi connectivity index (χ0n) is 10.2. The van der Waals surface area contributed by atoms with Gasteiger partial charge in [-0.05, 0) is 52.7 Å². The van der Waals surface area contributed by atoms with Gasteiger partial charge in [-0.15, -0.1) is 11.3 Å². The van der Waals surface area contributed by atoms with Crippen LogP contribution in [0.2, 0.25) is 0 Å². The van der Waals surface area contributed by atoms with Crippen molar-refractivity contribution in [2.75, 3.05) is 5.32 Å². The standard InChI is InChI=1S/C12H13BrN2O2S2/c1-8-2-3-9(6-11(8)19(14,16)17)15-7-10-4-5-12(13)18-10/h2-6,15H,7H2,1H3,(H2,14,16,17). The first kappa shape index (κ1) is 14.5. The van der Waals surface area contributed by atoms with Crippen LogP contribution in [0.25, 0.3) is 0 Å². The Labute approximate surface area is 124 Å². The van der Waals surface area contributed by atoms with E-state index in [1.807, 2.05) is 18.2 Å². The minimum absolute atomic E-state index is 0.157. The highest BCUT2D eigenvalue weighted by Crippen LogP contribution is 2.24. The summed E-state index contributed by atoms with van der Waals surface area (Å²) in [5.41, 5.74) is 1.38. The Kier molecular flexibility index (Phi) is 4.29. The molecule has 0 unspecified atom stereocenters. The highest BCUT2D eigenvalue weighted by Gasteiger charge is 2.12. The van der Waals surface area contributed by atoms with E-state index >= 15 is 0 Å². The second-order valence-corrected chi connectivity index (χ2v) is 8.16. The summed E-state index contributed by atoms with van der Waals surface area (Å²) >= 11 is 5.03. The Bertz CT molecular complexity index is 696. The quantitative estimate of drug-likeness (QED) is 0.879. The maximum Gasteiger partial charge on any atom is 0.238 e. The summed E-state index contributed by atoms with van der Waals surface area (Å²) in [5, 5.41) is 8.36. The van der Waals surface area contributed by atoms with Gasteiger partial charge in [0.15, 0.2) is 0 Å². The van der Waals surface area contributed by atoms with Crippen LogP contribution >= 0.6 is 27.3 Å². The third-order valence-corrected chi connectivity index (χ3v) is 5.27. The van der Waals surface area contributed by atoms with Gasteiger partial charge in [-0.25, -0.2) is 13.6 Å². The van der Waals surface area contributed by atoms with Gasteiger partial charge in [0, 0.05) is 17.1 Å². The van der Waals surface area contributed by atoms with E-state index in [1.165, 1.54) is 0 Å². The lowest BCUT2D eigenvalue weighted by Crippen LogP contribution is -2.14. The predicted octanol–water partition coefficient (Wildman–Crippen LogP) is 3.08. The average Bonchev–Trinajstić information content (AvgIpc) is 2.72. The average molecular weight is 361 g/mol. The van der Waals surface area contributed by atoms with E-state index in [0.717, 1.165) is 14.4 Å². The van der Waals surface area contributed by atoms with Gasteiger partial charge in [0.25, 0.3) is 0 Å². The van der Waals surface area contributed by atoms with E-state index in [1.54, 1.807) is 30.4 Å². The second kappa shape index (κ2) is 5.62. The second-order valence-electron chi connectivity index (χ2n) is 4.08. The molecule has 0 aliphatic carbocycles. The van der Waals surface area contributed by atoms with Gasteiger partial charge in [0.2, 0.25) is 10.0 Å². The van der Waals surface area contributed by atoms with Crippen LogP contribution in [0.3, 0.4) is 0 Å². The third-order valence-electron chi connectivity index (χ3n) is 2.59. The molecule has 2 rings (SSSR count). The normalized spacial score (nSPS) is 11.5. The molecule has 0 bridgehead atoms. The maximum absolute atomic E-state index is 11.4. The van der Waals surface area contributed by atoms with Gasteiger partial charge in [-0.2, -0.15) is 0 Å². The van der Waals surface area contributed by atoms with Gasteiger partial charge in [-0.1, -0.05) is 6.07 Å². The highest BCUT2D eigenvalue weighted by atomic mass is 79.9. The molecule has 1 aromatic heterocycles. The van der Waals surface area contributed by atoms with Crippen LogP contribution in [0.1, 0.15) is 10.4 Å². The van der Waals surface area contributed by atoms with Crippen molar-refractivity contribution in [3.05, 3.63) is 44.6 Å². The minimum Gasteiger partial charge on any atom is -0.380 e. The number of nitrogens with two attached hydrogens (primary N) is 1. The molecule has 0 atom stereocenters. The Hall–Kier alpha value is -0.890. The molecule has 1 aromatic carbocycles. The molecule has 4 nitrogen and oxygen atoms in total. The zero-order chi connectivity index (χ0) is 14.0. The number of aryl methyl sites for hydroxylation is 1. The molecule has 102 valence electrons. The number of nitrogens with one attached hydrogen (secondary N) is 1. The van der Waals surface area contributed by atoms with Gasteiger partial charge in [0.1, 0.15) is 0 Å². The SMILES string of the molecule is Cc1ccc(NCc2ccc(Br)s2)cc1S(N)(=O)=O. The summed E-state index contributed by atoms with van der Waals surface area (Å²) in [6.45, 7) is 2.36. The molecule has 2 aromatic rings. The zero-order valence-corrected chi connectivity index (χ0v) is 13.4. The number of rotatable bonds is 4. The Morgan fingerprint density at radius 2 is 2.05 bits per heavy atom. The summed E-state index contributed by atoms with van der Waals surface area (Å²) in [4.78, 5) is 1.31. The summed E-state index contributed by atoms with van der Waals surface area (Å²) in [6.07, 6.45) is 0. The number of primary sulfonamides is 1. The smallest absolute Gasteiger partial charge is 0.238 e. The largest absolute Gasteiger partial charge is 0.380 e. The fourth-order valence-corrected chi connectivity index (χ4v) is 3.88. The number of thiophene rings is 1. The van der Waals surface area contributed by atoms with Crippen LogP contribution in [0, 0.1) is 6.92 Å². The lowest BCUT2D eigenvalue weighted by atomic mass is 10.2. The molecule has 0 fully saturated rings. The number of hydrogen-bond acceptors (Lipinski definition) is 4. The monoisotopic (exact) mass is 360 g/mol. The van der Waals surface area contributed by atoms with Crippen LogP contribution in [-0.2, 0) is 16.6 Å². The van der Waals surface area contributed by atoms with E-state index in [0.29, 0.717) is 12.1 Å². The van der Waals surface area contributed by atoms with Crippen molar-refractivity contribution in [3.63, 3.8) is 0 Å².